The lowest BCUT2D eigenvalue weighted by atomic mass is 10.1. The fourth-order valence-electron chi connectivity index (χ4n) is 5.01. The Morgan fingerprint density at radius 1 is 0.939 bits per heavy atom. The van der Waals surface area contributed by atoms with Crippen molar-refractivity contribution in [3.63, 3.8) is 0 Å². The van der Waals surface area contributed by atoms with Crippen molar-refractivity contribution in [2.24, 2.45) is 5.92 Å². The molecule has 6 rings (SSSR count). The van der Waals surface area contributed by atoms with Gasteiger partial charge in [-0.2, -0.15) is 5.10 Å². The van der Waals surface area contributed by atoms with Crippen LogP contribution in [-0.4, -0.2) is 65.8 Å². The highest BCUT2D eigenvalue weighted by Gasteiger charge is 2.34. The highest BCUT2D eigenvalue weighted by Crippen LogP contribution is 2.33. The van der Waals surface area contributed by atoms with Gasteiger partial charge in [-0.25, -0.2) is 4.52 Å². The summed E-state index contributed by atoms with van der Waals surface area (Å²) in [5.74, 6) is 1.59. The van der Waals surface area contributed by atoms with E-state index in [-0.39, 0.29) is 0 Å². The van der Waals surface area contributed by atoms with Crippen molar-refractivity contribution < 1.29 is 9.53 Å². The number of ether oxygens (including phenoxy) is 1. The minimum atomic E-state index is 0.300. The number of anilines is 1. The third-order valence-electron chi connectivity index (χ3n) is 7.12. The number of nitrogens with one attached hydrogen (secondary N) is 1. The molecular formula is C26H31N5O2. The van der Waals surface area contributed by atoms with Crippen molar-refractivity contribution in [1.82, 2.24) is 19.8 Å². The second-order valence-electron chi connectivity index (χ2n) is 9.45. The van der Waals surface area contributed by atoms with Crippen LogP contribution >= 0.6 is 0 Å². The molecule has 3 aromatic rings. The van der Waals surface area contributed by atoms with Crippen LogP contribution in [0.2, 0.25) is 0 Å². The molecule has 2 aliphatic heterocycles. The van der Waals surface area contributed by atoms with E-state index in [0.29, 0.717) is 17.9 Å². The maximum Gasteiger partial charge on any atom is 0.225 e. The fraction of sp³-hybridized carbons (Fsp3) is 0.462. The Kier molecular flexibility index (Phi) is 5.42. The highest BCUT2D eigenvalue weighted by atomic mass is 16.5. The maximum absolute atomic E-state index is 12.4. The number of carbonyl (C=O) groups excluding carboxylic acids is 1. The molecule has 2 saturated heterocycles. The highest BCUT2D eigenvalue weighted by molar-refractivity contribution is 5.82. The second-order valence-corrected chi connectivity index (χ2v) is 9.45. The van der Waals surface area contributed by atoms with Gasteiger partial charge in [0.2, 0.25) is 5.91 Å². The molecular weight excluding hydrogens is 414 g/mol. The molecule has 1 N–H and O–H groups in total. The number of hydrogen-bond donors (Lipinski definition) is 1. The lowest BCUT2D eigenvalue weighted by molar-refractivity contribution is -0.132. The average Bonchev–Trinajstić information content (AvgIpc) is 3.62. The number of amides is 1. The van der Waals surface area contributed by atoms with Crippen molar-refractivity contribution in [2.75, 3.05) is 44.2 Å². The number of nitrogens with zero attached hydrogens (tertiary/aromatic N) is 4. The molecule has 1 aromatic carbocycles. The molecule has 0 atom stereocenters. The number of aromatic nitrogens is 2. The van der Waals surface area contributed by atoms with E-state index in [4.69, 9.17) is 4.74 Å². The molecule has 1 aliphatic carbocycles. The first-order valence-corrected chi connectivity index (χ1v) is 12.2. The molecule has 1 amide bonds. The Balaban J connectivity index is 1.17. The van der Waals surface area contributed by atoms with Gasteiger partial charge in [0.15, 0.2) is 0 Å². The summed E-state index contributed by atoms with van der Waals surface area (Å²) in [4.78, 5) is 16.8. The first kappa shape index (κ1) is 20.5. The Morgan fingerprint density at radius 2 is 1.70 bits per heavy atom. The van der Waals surface area contributed by atoms with Crippen LogP contribution in [0, 0.1) is 5.92 Å². The third kappa shape index (κ3) is 4.29. The van der Waals surface area contributed by atoms with Gasteiger partial charge in [0.1, 0.15) is 11.9 Å². The zero-order valence-electron chi connectivity index (χ0n) is 18.9. The predicted molar refractivity (Wildman–Crippen MR) is 129 cm³/mol. The van der Waals surface area contributed by atoms with Crippen molar-refractivity contribution in [1.29, 1.82) is 0 Å². The van der Waals surface area contributed by atoms with E-state index >= 15 is 0 Å². The molecule has 0 unspecified atom stereocenters. The zero-order valence-corrected chi connectivity index (χ0v) is 18.9. The van der Waals surface area contributed by atoms with Crippen LogP contribution in [0.15, 0.2) is 48.8 Å². The Labute approximate surface area is 194 Å². The standard InChI is InChI=1S/C26H31N5O2/c32-26(20-1-2-20)30-15-13-29(14-16-30)24-9-12-28-31-18-21(17-25(24)31)19-3-5-22(6-4-19)33-23-7-10-27-11-8-23/h3-6,9,12,17-18,20,23,27H,1-2,7-8,10-11,13-16H2. The quantitative estimate of drug-likeness (QED) is 0.654. The summed E-state index contributed by atoms with van der Waals surface area (Å²) in [7, 11) is 0. The van der Waals surface area contributed by atoms with E-state index in [9.17, 15) is 4.79 Å². The van der Waals surface area contributed by atoms with E-state index in [1.807, 2.05) is 15.6 Å². The van der Waals surface area contributed by atoms with Gasteiger partial charge in [0.05, 0.1) is 11.2 Å². The monoisotopic (exact) mass is 445 g/mol. The lowest BCUT2D eigenvalue weighted by Gasteiger charge is -2.36. The smallest absolute Gasteiger partial charge is 0.225 e. The summed E-state index contributed by atoms with van der Waals surface area (Å²) in [6.07, 6.45) is 8.53. The van der Waals surface area contributed by atoms with Crippen LogP contribution in [0.3, 0.4) is 0 Å². The molecule has 0 bridgehead atoms. The van der Waals surface area contributed by atoms with Crippen LogP contribution < -0.4 is 15.0 Å². The van der Waals surface area contributed by atoms with Crippen LogP contribution in [0.5, 0.6) is 5.75 Å². The van der Waals surface area contributed by atoms with Crippen LogP contribution in [0.1, 0.15) is 25.7 Å². The molecule has 1 saturated carbocycles. The van der Waals surface area contributed by atoms with Crippen LogP contribution in [-0.2, 0) is 4.79 Å². The predicted octanol–water partition coefficient (Wildman–Crippen LogP) is 3.19. The molecule has 4 heterocycles. The number of benzene rings is 1. The largest absolute Gasteiger partial charge is 0.490 e. The SMILES string of the molecule is O=C(C1CC1)N1CCN(c2ccnn3cc(-c4ccc(OC5CCNCC5)cc4)cc23)CC1. The molecule has 33 heavy (non-hydrogen) atoms. The van der Waals surface area contributed by atoms with Gasteiger partial charge in [-0.05, 0) is 68.6 Å². The van der Waals surface area contributed by atoms with E-state index in [0.717, 1.165) is 87.3 Å². The van der Waals surface area contributed by atoms with Gasteiger partial charge < -0.3 is 19.9 Å². The summed E-state index contributed by atoms with van der Waals surface area (Å²) < 4.78 is 8.12. The molecule has 172 valence electrons. The number of fused-ring (bicyclic) bond motifs is 1. The van der Waals surface area contributed by atoms with E-state index in [2.05, 4.69) is 57.9 Å². The molecule has 7 nitrogen and oxygen atoms in total. The van der Waals surface area contributed by atoms with Crippen molar-refractivity contribution in [2.45, 2.75) is 31.8 Å². The molecule has 7 heteroatoms. The Morgan fingerprint density at radius 3 is 2.42 bits per heavy atom. The lowest BCUT2D eigenvalue weighted by Crippen LogP contribution is -2.49. The number of piperidine rings is 1. The number of carbonyl (C=O) groups is 1. The van der Waals surface area contributed by atoms with Crippen molar-refractivity contribution in [3.8, 4) is 16.9 Å². The average molecular weight is 446 g/mol. The van der Waals surface area contributed by atoms with E-state index < -0.39 is 0 Å². The number of piperazine rings is 1. The summed E-state index contributed by atoms with van der Waals surface area (Å²) in [6.45, 7) is 5.39. The summed E-state index contributed by atoms with van der Waals surface area (Å²) >= 11 is 0. The van der Waals surface area contributed by atoms with Crippen molar-refractivity contribution in [3.05, 3.63) is 48.8 Å². The molecule has 0 radical (unpaired) electrons. The van der Waals surface area contributed by atoms with E-state index in [1.54, 1.807) is 0 Å². The Hall–Kier alpha value is -3.06. The molecule has 3 aliphatic rings. The van der Waals surface area contributed by atoms with Crippen molar-refractivity contribution >= 4 is 17.1 Å². The first-order valence-electron chi connectivity index (χ1n) is 12.2. The number of rotatable bonds is 5. The Bertz CT molecular complexity index is 1120. The van der Waals surface area contributed by atoms with Gasteiger partial charge in [0, 0.05) is 50.1 Å². The first-order chi connectivity index (χ1) is 16.2. The van der Waals surface area contributed by atoms with E-state index in [1.165, 1.54) is 5.69 Å². The zero-order chi connectivity index (χ0) is 22.2. The minimum Gasteiger partial charge on any atom is -0.490 e. The topological polar surface area (TPSA) is 62.1 Å². The van der Waals surface area contributed by atoms with Gasteiger partial charge in [-0.1, -0.05) is 12.1 Å². The van der Waals surface area contributed by atoms with Crippen LogP contribution in [0.25, 0.3) is 16.6 Å². The summed E-state index contributed by atoms with van der Waals surface area (Å²) in [5.41, 5.74) is 4.58. The van der Waals surface area contributed by atoms with Crippen LogP contribution in [0.4, 0.5) is 5.69 Å². The third-order valence-corrected chi connectivity index (χ3v) is 7.12. The number of hydrogen-bond acceptors (Lipinski definition) is 5. The van der Waals surface area contributed by atoms with Gasteiger partial charge in [-0.15, -0.1) is 0 Å². The van der Waals surface area contributed by atoms with Gasteiger partial charge >= 0.3 is 0 Å². The molecule has 2 aromatic heterocycles. The fourth-order valence-corrected chi connectivity index (χ4v) is 5.01. The summed E-state index contributed by atoms with van der Waals surface area (Å²) in [6, 6.07) is 12.7. The van der Waals surface area contributed by atoms with Gasteiger partial charge in [-0.3, -0.25) is 4.79 Å². The maximum atomic E-state index is 12.4. The molecule has 3 fully saturated rings. The molecule has 0 spiro atoms. The second kappa shape index (κ2) is 8.71. The minimum absolute atomic E-state index is 0.300. The normalized spacial score (nSPS) is 19.8. The summed E-state index contributed by atoms with van der Waals surface area (Å²) in [5, 5.41) is 7.92. The van der Waals surface area contributed by atoms with Gasteiger partial charge in [0.25, 0.3) is 0 Å².